The van der Waals surface area contributed by atoms with E-state index in [9.17, 15) is 9.59 Å². The Bertz CT molecular complexity index is 250. The van der Waals surface area contributed by atoms with Crippen LogP contribution in [0.3, 0.4) is 0 Å². The van der Waals surface area contributed by atoms with E-state index < -0.39 is 11.8 Å². The third-order valence-corrected chi connectivity index (χ3v) is 1.33. The van der Waals surface area contributed by atoms with E-state index in [0.717, 1.165) is 10.3 Å². The van der Waals surface area contributed by atoms with Gasteiger partial charge in [0.25, 0.3) is 11.8 Å². The minimum Gasteiger partial charge on any atom is -0.271 e. The van der Waals surface area contributed by atoms with Gasteiger partial charge in [-0.25, -0.2) is 9.68 Å². The van der Waals surface area contributed by atoms with E-state index >= 15 is 0 Å². The Hall–Kier alpha value is -1.66. The molecule has 0 unspecified atom stereocenters. The number of nitrogens with zero attached hydrogens (tertiary/aromatic N) is 2. The minimum absolute atomic E-state index is 0.0841. The Morgan fingerprint density at radius 2 is 1.31 bits per heavy atom. The number of hydrogen-bond acceptors (Lipinski definition) is 4. The molecular weight excluding hydrogens is 212 g/mol. The Morgan fingerprint density at radius 1 is 1.00 bits per heavy atom. The molecule has 0 rings (SSSR count). The number of hydrogen-bond donors (Lipinski definition) is 0. The fraction of sp³-hybridized carbons (Fsp3) is 0.400. The highest BCUT2D eigenvalue weighted by molar-refractivity contribution is 5.77. The molecule has 0 aromatic heterocycles. The summed E-state index contributed by atoms with van der Waals surface area (Å²) < 4.78 is 0. The molecular formula is C10H16N2O4. The minimum atomic E-state index is -0.485. The van der Waals surface area contributed by atoms with Gasteiger partial charge in [-0.2, -0.15) is 0 Å². The van der Waals surface area contributed by atoms with Gasteiger partial charge in [0, 0.05) is 13.8 Å². The standard InChI is InChI=1S/C10H16N2O4/c1-5-7-15-11(9(3)13)12(10(4)14)16-8-6-2/h5-6H,1-2,7-8H2,3-4H3. The second-order valence-electron chi connectivity index (χ2n) is 2.75. The average Bonchev–Trinajstić information content (AvgIpc) is 2.21. The van der Waals surface area contributed by atoms with Crippen molar-refractivity contribution in [3.8, 4) is 0 Å². The van der Waals surface area contributed by atoms with Crippen molar-refractivity contribution < 1.29 is 19.3 Å². The fourth-order valence-corrected chi connectivity index (χ4v) is 0.789. The lowest BCUT2D eigenvalue weighted by molar-refractivity contribution is -0.355. The van der Waals surface area contributed by atoms with Crippen LogP contribution in [0.5, 0.6) is 0 Å². The van der Waals surface area contributed by atoms with Crippen LogP contribution in [0.25, 0.3) is 0 Å². The molecule has 0 fully saturated rings. The van der Waals surface area contributed by atoms with Gasteiger partial charge >= 0.3 is 0 Å². The lowest BCUT2D eigenvalue weighted by Crippen LogP contribution is -2.48. The summed E-state index contributed by atoms with van der Waals surface area (Å²) in [4.78, 5) is 32.4. The van der Waals surface area contributed by atoms with Crippen LogP contribution in [0.1, 0.15) is 13.8 Å². The number of hydrazine groups is 1. The molecule has 16 heavy (non-hydrogen) atoms. The largest absolute Gasteiger partial charge is 0.271 e. The van der Waals surface area contributed by atoms with Crippen molar-refractivity contribution >= 4 is 11.8 Å². The lowest BCUT2D eigenvalue weighted by Gasteiger charge is -2.29. The van der Waals surface area contributed by atoms with E-state index in [1.54, 1.807) is 0 Å². The van der Waals surface area contributed by atoms with Gasteiger partial charge in [0.05, 0.1) is 13.2 Å². The molecule has 0 aliphatic carbocycles. The van der Waals surface area contributed by atoms with E-state index in [1.165, 1.54) is 26.0 Å². The van der Waals surface area contributed by atoms with Crippen LogP contribution in [0, 0.1) is 0 Å². The van der Waals surface area contributed by atoms with Gasteiger partial charge in [-0.3, -0.25) is 9.59 Å². The molecule has 0 atom stereocenters. The molecule has 6 heteroatoms. The predicted octanol–water partition coefficient (Wildman–Crippen LogP) is 0.834. The van der Waals surface area contributed by atoms with Gasteiger partial charge in [-0.1, -0.05) is 22.5 Å². The summed E-state index contributed by atoms with van der Waals surface area (Å²) in [6, 6.07) is 0. The van der Waals surface area contributed by atoms with E-state index in [0.29, 0.717) is 0 Å². The third kappa shape index (κ3) is 4.72. The first-order valence-electron chi connectivity index (χ1n) is 4.63. The summed E-state index contributed by atoms with van der Waals surface area (Å²) in [5.74, 6) is -0.970. The summed E-state index contributed by atoms with van der Waals surface area (Å²) >= 11 is 0. The molecule has 0 N–H and O–H groups in total. The van der Waals surface area contributed by atoms with E-state index in [-0.39, 0.29) is 13.2 Å². The summed E-state index contributed by atoms with van der Waals surface area (Å²) in [7, 11) is 0. The van der Waals surface area contributed by atoms with Gasteiger partial charge in [0.1, 0.15) is 0 Å². The highest BCUT2D eigenvalue weighted by Gasteiger charge is 2.22. The molecule has 0 aromatic rings. The Labute approximate surface area is 94.6 Å². The van der Waals surface area contributed by atoms with Crippen LogP contribution in [-0.2, 0) is 19.3 Å². The van der Waals surface area contributed by atoms with E-state index in [1.807, 2.05) is 0 Å². The monoisotopic (exact) mass is 228 g/mol. The maximum atomic E-state index is 11.2. The van der Waals surface area contributed by atoms with Crippen LogP contribution in [0.2, 0.25) is 0 Å². The fourth-order valence-electron chi connectivity index (χ4n) is 0.789. The zero-order valence-corrected chi connectivity index (χ0v) is 9.51. The smallest absolute Gasteiger partial charge is 0.266 e. The zero-order chi connectivity index (χ0) is 12.6. The van der Waals surface area contributed by atoms with Crippen molar-refractivity contribution in [1.82, 2.24) is 10.3 Å². The van der Waals surface area contributed by atoms with Crippen LogP contribution < -0.4 is 0 Å². The first-order valence-corrected chi connectivity index (χ1v) is 4.63. The topological polar surface area (TPSA) is 59.1 Å². The Kier molecular flexibility index (Phi) is 6.82. The van der Waals surface area contributed by atoms with Gasteiger partial charge < -0.3 is 0 Å². The van der Waals surface area contributed by atoms with Crippen molar-refractivity contribution in [2.45, 2.75) is 13.8 Å². The number of amides is 2. The van der Waals surface area contributed by atoms with Crippen LogP contribution in [0.15, 0.2) is 25.3 Å². The molecule has 0 aliphatic heterocycles. The molecule has 0 aromatic carbocycles. The van der Waals surface area contributed by atoms with Gasteiger partial charge in [0.15, 0.2) is 0 Å². The van der Waals surface area contributed by atoms with Crippen molar-refractivity contribution in [1.29, 1.82) is 0 Å². The number of carbonyl (C=O) groups excluding carboxylic acids is 2. The number of rotatable bonds is 6. The summed E-state index contributed by atoms with van der Waals surface area (Å²) in [5.41, 5.74) is 0. The average molecular weight is 228 g/mol. The van der Waals surface area contributed by atoms with Gasteiger partial charge in [0.2, 0.25) is 0 Å². The zero-order valence-electron chi connectivity index (χ0n) is 9.51. The molecule has 0 radical (unpaired) electrons. The van der Waals surface area contributed by atoms with Gasteiger partial charge in [-0.15, -0.1) is 13.2 Å². The normalized spacial score (nSPS) is 9.38. The molecule has 0 bridgehead atoms. The number of hydroxylamine groups is 2. The number of carbonyl (C=O) groups is 2. The molecule has 0 saturated heterocycles. The van der Waals surface area contributed by atoms with Gasteiger partial charge in [-0.05, 0) is 0 Å². The quantitative estimate of drug-likeness (QED) is 0.499. The molecule has 0 saturated carbocycles. The lowest BCUT2D eigenvalue weighted by atomic mass is 10.7. The molecule has 0 aliphatic rings. The SMILES string of the molecule is C=CCON(C(C)=O)N(OCC=C)C(C)=O. The summed E-state index contributed by atoms with van der Waals surface area (Å²) in [6.07, 6.45) is 2.89. The predicted molar refractivity (Wildman–Crippen MR) is 57.3 cm³/mol. The van der Waals surface area contributed by atoms with Crippen molar-refractivity contribution in [3.05, 3.63) is 25.3 Å². The maximum absolute atomic E-state index is 11.2. The van der Waals surface area contributed by atoms with Crippen LogP contribution in [0.4, 0.5) is 0 Å². The second kappa shape index (κ2) is 7.61. The first kappa shape index (κ1) is 14.3. The van der Waals surface area contributed by atoms with Crippen LogP contribution >= 0.6 is 0 Å². The molecule has 90 valence electrons. The van der Waals surface area contributed by atoms with Crippen LogP contribution in [-0.4, -0.2) is 35.4 Å². The molecule has 6 nitrogen and oxygen atoms in total. The van der Waals surface area contributed by atoms with E-state index in [2.05, 4.69) is 13.2 Å². The molecule has 2 amide bonds. The second-order valence-corrected chi connectivity index (χ2v) is 2.75. The highest BCUT2D eigenvalue weighted by Crippen LogP contribution is 2.03. The van der Waals surface area contributed by atoms with Crippen molar-refractivity contribution in [2.24, 2.45) is 0 Å². The summed E-state index contributed by atoms with van der Waals surface area (Å²) in [5, 5.41) is 1.46. The molecule has 0 heterocycles. The highest BCUT2D eigenvalue weighted by atomic mass is 16.8. The third-order valence-electron chi connectivity index (χ3n) is 1.33. The summed E-state index contributed by atoms with van der Waals surface area (Å²) in [6.45, 7) is 9.53. The van der Waals surface area contributed by atoms with Crippen molar-refractivity contribution in [3.63, 3.8) is 0 Å². The maximum Gasteiger partial charge on any atom is 0.266 e. The Morgan fingerprint density at radius 3 is 1.50 bits per heavy atom. The van der Waals surface area contributed by atoms with Crippen molar-refractivity contribution in [2.75, 3.05) is 13.2 Å². The van der Waals surface area contributed by atoms with E-state index in [4.69, 9.17) is 9.68 Å². The Balaban J connectivity index is 4.64. The molecule has 0 spiro atoms. The first-order chi connectivity index (χ1) is 7.54.